The lowest BCUT2D eigenvalue weighted by Crippen LogP contribution is -2.60. The average Bonchev–Trinajstić information content (AvgIpc) is 2.66. The zero-order chi connectivity index (χ0) is 25.2. The first kappa shape index (κ1) is 29.3. The van der Waals surface area contributed by atoms with Crippen molar-refractivity contribution in [2.75, 3.05) is 0 Å². The van der Waals surface area contributed by atoms with E-state index in [1.165, 1.54) is 6.92 Å². The maximum absolute atomic E-state index is 12.8. The minimum Gasteiger partial charge on any atom is -0.481 e. The second kappa shape index (κ2) is 13.6. The van der Waals surface area contributed by atoms with Gasteiger partial charge in [0.25, 0.3) is 0 Å². The molecule has 184 valence electrons. The number of aliphatic hydroxyl groups excluding tert-OH is 1. The van der Waals surface area contributed by atoms with Crippen LogP contribution in [0.3, 0.4) is 0 Å². The van der Waals surface area contributed by atoms with Crippen molar-refractivity contribution in [2.45, 2.75) is 84.2 Å². The molecule has 0 aromatic carbocycles. The summed E-state index contributed by atoms with van der Waals surface area (Å²) in [5.41, 5.74) is 5.67. The second-order valence-corrected chi connectivity index (χ2v) is 8.53. The van der Waals surface area contributed by atoms with E-state index in [1.54, 1.807) is 27.7 Å². The minimum absolute atomic E-state index is 0.0261. The number of nitrogens with one attached hydrogen (secondary N) is 3. The van der Waals surface area contributed by atoms with Crippen molar-refractivity contribution in [3.63, 3.8) is 0 Å². The Morgan fingerprint density at radius 3 is 1.72 bits per heavy atom. The molecular formula is C20H36N4O8. The monoisotopic (exact) mass is 460 g/mol. The third-order valence-corrected chi connectivity index (χ3v) is 4.64. The number of amides is 3. The molecule has 0 bridgehead atoms. The first-order chi connectivity index (χ1) is 14.7. The van der Waals surface area contributed by atoms with E-state index >= 15 is 0 Å². The van der Waals surface area contributed by atoms with E-state index in [9.17, 15) is 34.2 Å². The molecule has 32 heavy (non-hydrogen) atoms. The van der Waals surface area contributed by atoms with Gasteiger partial charge in [0.2, 0.25) is 17.7 Å². The highest BCUT2D eigenvalue weighted by molar-refractivity contribution is 5.94. The Kier molecular flexibility index (Phi) is 12.5. The fraction of sp³-hybridized carbons (Fsp3) is 0.750. The van der Waals surface area contributed by atoms with Crippen molar-refractivity contribution in [3.8, 4) is 0 Å². The molecule has 8 N–H and O–H groups in total. The highest BCUT2D eigenvalue weighted by Crippen LogP contribution is 2.08. The van der Waals surface area contributed by atoms with Gasteiger partial charge in [-0.15, -0.1) is 0 Å². The number of hydrogen-bond acceptors (Lipinski definition) is 7. The lowest BCUT2D eigenvalue weighted by Gasteiger charge is -2.28. The summed E-state index contributed by atoms with van der Waals surface area (Å²) in [7, 11) is 0. The van der Waals surface area contributed by atoms with Gasteiger partial charge >= 0.3 is 11.9 Å². The van der Waals surface area contributed by atoms with E-state index < -0.39 is 65.8 Å². The van der Waals surface area contributed by atoms with E-state index in [-0.39, 0.29) is 25.2 Å². The molecule has 0 fully saturated rings. The molecule has 0 aliphatic heterocycles. The van der Waals surface area contributed by atoms with Gasteiger partial charge in [0.1, 0.15) is 18.1 Å². The van der Waals surface area contributed by atoms with Crippen LogP contribution in [0.1, 0.15) is 53.9 Å². The number of aliphatic hydroxyl groups is 1. The maximum atomic E-state index is 12.8. The summed E-state index contributed by atoms with van der Waals surface area (Å²) in [5.74, 6) is -5.22. The van der Waals surface area contributed by atoms with Crippen LogP contribution in [0.15, 0.2) is 0 Å². The highest BCUT2D eigenvalue weighted by Gasteiger charge is 2.33. The largest absolute Gasteiger partial charge is 0.481 e. The molecule has 12 heteroatoms. The Morgan fingerprint density at radius 1 is 0.812 bits per heavy atom. The van der Waals surface area contributed by atoms with E-state index in [0.717, 1.165) is 0 Å². The Balaban J connectivity index is 5.31. The number of carbonyl (C=O) groups excluding carboxylic acids is 3. The van der Waals surface area contributed by atoms with Crippen molar-refractivity contribution in [3.05, 3.63) is 0 Å². The summed E-state index contributed by atoms with van der Waals surface area (Å²) in [6, 6.07) is -4.94. The predicted molar refractivity (Wildman–Crippen MR) is 114 cm³/mol. The van der Waals surface area contributed by atoms with Crippen LogP contribution in [-0.4, -0.2) is 75.3 Å². The summed E-state index contributed by atoms with van der Waals surface area (Å²) in [4.78, 5) is 59.6. The summed E-state index contributed by atoms with van der Waals surface area (Å²) >= 11 is 0. The molecular weight excluding hydrogens is 424 g/mol. The van der Waals surface area contributed by atoms with Crippen molar-refractivity contribution in [1.82, 2.24) is 16.0 Å². The van der Waals surface area contributed by atoms with Crippen LogP contribution < -0.4 is 21.7 Å². The van der Waals surface area contributed by atoms with Gasteiger partial charge < -0.3 is 37.0 Å². The van der Waals surface area contributed by atoms with Gasteiger partial charge in [-0.05, 0) is 31.6 Å². The Morgan fingerprint density at radius 2 is 1.31 bits per heavy atom. The van der Waals surface area contributed by atoms with Crippen LogP contribution >= 0.6 is 0 Å². The first-order valence-electron chi connectivity index (χ1n) is 10.5. The molecule has 0 aromatic heterocycles. The van der Waals surface area contributed by atoms with Crippen LogP contribution in [0.25, 0.3) is 0 Å². The number of hydrogen-bond donors (Lipinski definition) is 7. The Hall–Kier alpha value is -2.73. The van der Waals surface area contributed by atoms with Crippen molar-refractivity contribution >= 4 is 29.7 Å². The van der Waals surface area contributed by atoms with Crippen LogP contribution in [0.4, 0.5) is 0 Å². The SMILES string of the molecule is CC(C)CC(NC(=O)C(NC(=O)C(NC(=O)C(N)CCC(=O)O)C(C)C)C(C)O)C(=O)O. The molecule has 0 saturated heterocycles. The quantitative estimate of drug-likeness (QED) is 0.166. The average molecular weight is 461 g/mol. The van der Waals surface area contributed by atoms with Crippen LogP contribution in [0.2, 0.25) is 0 Å². The summed E-state index contributed by atoms with van der Waals surface area (Å²) in [6.07, 6.45) is -1.65. The molecule has 5 unspecified atom stereocenters. The summed E-state index contributed by atoms with van der Waals surface area (Å²) < 4.78 is 0. The molecule has 12 nitrogen and oxygen atoms in total. The molecule has 0 saturated carbocycles. The Bertz CT molecular complexity index is 681. The number of carboxylic acid groups (broad SMARTS) is 2. The van der Waals surface area contributed by atoms with Gasteiger partial charge in [-0.25, -0.2) is 4.79 Å². The second-order valence-electron chi connectivity index (χ2n) is 8.53. The number of carboxylic acids is 2. The fourth-order valence-corrected chi connectivity index (χ4v) is 2.81. The van der Waals surface area contributed by atoms with E-state index in [1.807, 2.05) is 0 Å². The molecule has 0 spiro atoms. The molecule has 0 aliphatic carbocycles. The zero-order valence-corrected chi connectivity index (χ0v) is 19.1. The molecule has 5 atom stereocenters. The third-order valence-electron chi connectivity index (χ3n) is 4.64. The van der Waals surface area contributed by atoms with E-state index in [0.29, 0.717) is 0 Å². The lowest BCUT2D eigenvalue weighted by atomic mass is 10.0. The maximum Gasteiger partial charge on any atom is 0.326 e. The number of carbonyl (C=O) groups is 5. The summed E-state index contributed by atoms with van der Waals surface area (Å²) in [5, 5.41) is 35.1. The number of aliphatic carboxylic acids is 2. The van der Waals surface area contributed by atoms with Crippen molar-refractivity contribution < 1.29 is 39.3 Å². The number of rotatable bonds is 14. The fourth-order valence-electron chi connectivity index (χ4n) is 2.81. The van der Waals surface area contributed by atoms with Gasteiger partial charge in [0.05, 0.1) is 12.1 Å². The standard InChI is InChI=1S/C20H36N4O8/c1-9(2)8-13(20(31)32)22-19(30)16(11(5)25)24-18(29)15(10(3)4)23-17(28)12(21)6-7-14(26)27/h9-13,15-16,25H,6-8,21H2,1-5H3,(H,22,30)(H,23,28)(H,24,29)(H,26,27)(H,31,32). The molecule has 3 amide bonds. The summed E-state index contributed by atoms with van der Waals surface area (Å²) in [6.45, 7) is 8.09. The van der Waals surface area contributed by atoms with E-state index in [2.05, 4.69) is 16.0 Å². The van der Waals surface area contributed by atoms with Gasteiger partial charge in [0.15, 0.2) is 0 Å². The first-order valence-corrected chi connectivity index (χ1v) is 10.5. The molecule has 0 aliphatic rings. The van der Waals surface area contributed by atoms with Gasteiger partial charge in [0, 0.05) is 6.42 Å². The normalized spacial score (nSPS) is 15.9. The van der Waals surface area contributed by atoms with Crippen LogP contribution in [-0.2, 0) is 24.0 Å². The lowest BCUT2D eigenvalue weighted by molar-refractivity contribution is -0.143. The third kappa shape index (κ3) is 10.5. The van der Waals surface area contributed by atoms with Gasteiger partial charge in [-0.1, -0.05) is 27.7 Å². The van der Waals surface area contributed by atoms with Crippen LogP contribution in [0.5, 0.6) is 0 Å². The van der Waals surface area contributed by atoms with Gasteiger partial charge in [-0.2, -0.15) is 0 Å². The topological polar surface area (TPSA) is 208 Å². The van der Waals surface area contributed by atoms with E-state index in [4.69, 9.17) is 10.8 Å². The van der Waals surface area contributed by atoms with Gasteiger partial charge in [-0.3, -0.25) is 19.2 Å². The molecule has 0 radical (unpaired) electrons. The van der Waals surface area contributed by atoms with Crippen molar-refractivity contribution in [1.29, 1.82) is 0 Å². The molecule has 0 heterocycles. The minimum atomic E-state index is -1.46. The molecule has 0 rings (SSSR count). The van der Waals surface area contributed by atoms with Crippen LogP contribution in [0, 0.1) is 11.8 Å². The smallest absolute Gasteiger partial charge is 0.326 e. The Labute approximate surface area is 187 Å². The predicted octanol–water partition coefficient (Wildman–Crippen LogP) is -1.20. The zero-order valence-electron chi connectivity index (χ0n) is 19.1. The number of nitrogens with two attached hydrogens (primary N) is 1. The van der Waals surface area contributed by atoms with Crippen molar-refractivity contribution in [2.24, 2.45) is 17.6 Å². The molecule has 0 aromatic rings. The highest BCUT2D eigenvalue weighted by atomic mass is 16.4.